The molecular formula is C19H24N2O4. The van der Waals surface area contributed by atoms with Crippen molar-refractivity contribution in [2.24, 2.45) is 0 Å². The third-order valence-corrected chi connectivity index (χ3v) is 4.25. The molecule has 2 amide bonds. The highest BCUT2D eigenvalue weighted by atomic mass is 16.5. The van der Waals surface area contributed by atoms with E-state index in [0.29, 0.717) is 18.0 Å². The van der Waals surface area contributed by atoms with Crippen molar-refractivity contribution in [1.29, 1.82) is 0 Å². The molecule has 1 aromatic carbocycles. The molecule has 2 rings (SSSR count). The van der Waals surface area contributed by atoms with Crippen LogP contribution >= 0.6 is 0 Å². The Balaban J connectivity index is 1.94. The minimum Gasteiger partial charge on any atom is -0.467 e. The molecule has 1 aromatic rings. The van der Waals surface area contributed by atoms with E-state index in [1.54, 1.807) is 44.2 Å². The van der Waals surface area contributed by atoms with E-state index in [9.17, 15) is 14.4 Å². The SMILES string of the molecule is CC[C@@](C)(NC(=O)/C=C/c1ccc(C(=O)NC2CC2)cc1)C(=O)OC. The van der Waals surface area contributed by atoms with Crippen LogP contribution in [0.15, 0.2) is 30.3 Å². The number of amides is 2. The number of hydrogen-bond donors (Lipinski definition) is 2. The molecule has 0 spiro atoms. The monoisotopic (exact) mass is 344 g/mol. The first-order valence-electron chi connectivity index (χ1n) is 8.37. The Morgan fingerprint density at radius 2 is 1.88 bits per heavy atom. The summed E-state index contributed by atoms with van der Waals surface area (Å²) >= 11 is 0. The summed E-state index contributed by atoms with van der Waals surface area (Å²) < 4.78 is 4.72. The zero-order valence-electron chi connectivity index (χ0n) is 14.8. The van der Waals surface area contributed by atoms with Crippen molar-refractivity contribution >= 4 is 23.9 Å². The van der Waals surface area contributed by atoms with Crippen LogP contribution < -0.4 is 10.6 Å². The maximum absolute atomic E-state index is 12.0. The fraction of sp³-hybridized carbons (Fsp3) is 0.421. The summed E-state index contributed by atoms with van der Waals surface area (Å²) in [4.78, 5) is 35.7. The van der Waals surface area contributed by atoms with Crippen LogP contribution in [0.2, 0.25) is 0 Å². The number of carbonyl (C=O) groups excluding carboxylic acids is 3. The number of methoxy groups -OCH3 is 1. The summed E-state index contributed by atoms with van der Waals surface area (Å²) in [5.41, 5.74) is 0.327. The number of esters is 1. The minimum absolute atomic E-state index is 0.0763. The second-order valence-electron chi connectivity index (χ2n) is 6.37. The van der Waals surface area contributed by atoms with Crippen molar-refractivity contribution in [2.75, 3.05) is 7.11 Å². The van der Waals surface area contributed by atoms with Crippen LogP contribution in [0.25, 0.3) is 6.08 Å². The summed E-state index contributed by atoms with van der Waals surface area (Å²) in [5, 5.41) is 5.58. The predicted octanol–water partition coefficient (Wildman–Crippen LogP) is 2.05. The van der Waals surface area contributed by atoms with Gasteiger partial charge in [-0.1, -0.05) is 19.1 Å². The van der Waals surface area contributed by atoms with Gasteiger partial charge in [-0.15, -0.1) is 0 Å². The quantitative estimate of drug-likeness (QED) is 0.586. The van der Waals surface area contributed by atoms with Crippen LogP contribution in [0, 0.1) is 0 Å². The molecule has 1 aliphatic carbocycles. The van der Waals surface area contributed by atoms with Crippen LogP contribution in [-0.2, 0) is 14.3 Å². The topological polar surface area (TPSA) is 84.5 Å². The van der Waals surface area contributed by atoms with E-state index in [1.165, 1.54) is 13.2 Å². The number of benzene rings is 1. The van der Waals surface area contributed by atoms with E-state index >= 15 is 0 Å². The summed E-state index contributed by atoms with van der Waals surface area (Å²) in [5.74, 6) is -0.944. The van der Waals surface area contributed by atoms with Crippen molar-refractivity contribution in [1.82, 2.24) is 10.6 Å². The Hall–Kier alpha value is -2.63. The maximum atomic E-state index is 12.0. The summed E-state index contributed by atoms with van der Waals surface area (Å²) in [7, 11) is 1.29. The molecule has 1 aliphatic rings. The second-order valence-corrected chi connectivity index (χ2v) is 6.37. The van der Waals surface area contributed by atoms with E-state index in [0.717, 1.165) is 18.4 Å². The van der Waals surface area contributed by atoms with Crippen molar-refractivity contribution in [3.8, 4) is 0 Å². The predicted molar refractivity (Wildman–Crippen MR) is 94.8 cm³/mol. The van der Waals surface area contributed by atoms with Gasteiger partial charge in [0.1, 0.15) is 5.54 Å². The van der Waals surface area contributed by atoms with Crippen LogP contribution in [-0.4, -0.2) is 36.5 Å². The maximum Gasteiger partial charge on any atom is 0.331 e. The van der Waals surface area contributed by atoms with E-state index in [-0.39, 0.29) is 11.8 Å². The molecule has 0 aliphatic heterocycles. The van der Waals surface area contributed by atoms with E-state index < -0.39 is 11.5 Å². The average Bonchev–Trinajstić information content (AvgIpc) is 3.43. The highest BCUT2D eigenvalue weighted by molar-refractivity contribution is 5.97. The van der Waals surface area contributed by atoms with Crippen LogP contribution in [0.4, 0.5) is 0 Å². The van der Waals surface area contributed by atoms with Gasteiger partial charge in [0.2, 0.25) is 5.91 Å². The summed E-state index contributed by atoms with van der Waals surface area (Å²) in [6.07, 6.45) is 5.50. The van der Waals surface area contributed by atoms with Crippen molar-refractivity contribution in [2.45, 2.75) is 44.7 Å². The molecule has 1 atom stereocenters. The fourth-order valence-electron chi connectivity index (χ4n) is 2.24. The van der Waals surface area contributed by atoms with Gasteiger partial charge >= 0.3 is 5.97 Å². The Kier molecular flexibility index (Phi) is 5.96. The largest absolute Gasteiger partial charge is 0.467 e. The van der Waals surface area contributed by atoms with Gasteiger partial charge in [-0.25, -0.2) is 4.79 Å². The average molecular weight is 344 g/mol. The highest BCUT2D eigenvalue weighted by Crippen LogP contribution is 2.19. The second kappa shape index (κ2) is 7.96. The molecule has 0 radical (unpaired) electrons. The molecule has 134 valence electrons. The Bertz CT molecular complexity index is 677. The zero-order valence-corrected chi connectivity index (χ0v) is 14.8. The number of rotatable bonds is 7. The molecule has 2 N–H and O–H groups in total. The van der Waals surface area contributed by atoms with E-state index in [4.69, 9.17) is 4.74 Å². The third-order valence-electron chi connectivity index (χ3n) is 4.25. The molecule has 6 nitrogen and oxygen atoms in total. The van der Waals surface area contributed by atoms with Crippen LogP contribution in [0.5, 0.6) is 0 Å². The molecule has 1 fully saturated rings. The summed E-state index contributed by atoms with van der Waals surface area (Å²) in [6.45, 7) is 3.42. The Morgan fingerprint density at radius 3 is 2.40 bits per heavy atom. The lowest BCUT2D eigenvalue weighted by molar-refractivity contribution is -0.149. The first kappa shape index (κ1) is 18.7. The van der Waals surface area contributed by atoms with Crippen molar-refractivity contribution in [3.63, 3.8) is 0 Å². The first-order chi connectivity index (χ1) is 11.9. The van der Waals surface area contributed by atoms with Gasteiger partial charge < -0.3 is 15.4 Å². The Labute approximate surface area is 147 Å². The number of hydrogen-bond acceptors (Lipinski definition) is 4. The molecule has 1 saturated carbocycles. The van der Waals surface area contributed by atoms with Gasteiger partial charge in [0.05, 0.1) is 7.11 Å². The summed E-state index contributed by atoms with van der Waals surface area (Å²) in [6, 6.07) is 7.30. The Morgan fingerprint density at radius 1 is 1.24 bits per heavy atom. The lowest BCUT2D eigenvalue weighted by atomic mass is 9.99. The van der Waals surface area contributed by atoms with E-state index in [2.05, 4.69) is 10.6 Å². The minimum atomic E-state index is -1.05. The van der Waals surface area contributed by atoms with Gasteiger partial charge in [-0.05, 0) is 50.0 Å². The lowest BCUT2D eigenvalue weighted by Crippen LogP contribution is -2.51. The normalized spacial score (nSPS) is 16.1. The van der Waals surface area contributed by atoms with E-state index in [1.807, 2.05) is 0 Å². The van der Waals surface area contributed by atoms with Crippen molar-refractivity contribution < 1.29 is 19.1 Å². The first-order valence-corrected chi connectivity index (χ1v) is 8.37. The molecule has 0 bridgehead atoms. The third kappa shape index (κ3) is 5.17. The fourth-order valence-corrected chi connectivity index (χ4v) is 2.24. The molecule has 0 aromatic heterocycles. The van der Waals surface area contributed by atoms with Gasteiger partial charge in [0.25, 0.3) is 5.91 Å². The highest BCUT2D eigenvalue weighted by Gasteiger charge is 2.33. The lowest BCUT2D eigenvalue weighted by Gasteiger charge is -2.25. The van der Waals surface area contributed by atoms with Crippen LogP contribution in [0.3, 0.4) is 0 Å². The smallest absolute Gasteiger partial charge is 0.331 e. The standard InChI is InChI=1S/C19H24N2O4/c1-4-19(2,18(24)25-3)21-16(22)12-7-13-5-8-14(9-6-13)17(23)20-15-10-11-15/h5-9,12,15H,4,10-11H2,1-3H3,(H,20,23)(H,21,22)/b12-7+/t19-/m1/s1. The molecule has 0 heterocycles. The zero-order chi connectivity index (χ0) is 18.4. The molecular weight excluding hydrogens is 320 g/mol. The van der Waals surface area contributed by atoms with Gasteiger partial charge in [-0.2, -0.15) is 0 Å². The van der Waals surface area contributed by atoms with Crippen LogP contribution in [0.1, 0.15) is 49.0 Å². The van der Waals surface area contributed by atoms with Crippen molar-refractivity contribution in [3.05, 3.63) is 41.5 Å². The molecule has 0 saturated heterocycles. The number of carbonyl (C=O) groups is 3. The molecule has 6 heteroatoms. The number of ether oxygens (including phenoxy) is 1. The molecule has 25 heavy (non-hydrogen) atoms. The van der Waals surface area contributed by atoms with Gasteiger partial charge in [0.15, 0.2) is 0 Å². The molecule has 0 unspecified atom stereocenters. The van der Waals surface area contributed by atoms with Gasteiger partial charge in [0, 0.05) is 17.7 Å². The van der Waals surface area contributed by atoms with Gasteiger partial charge in [-0.3, -0.25) is 9.59 Å². The number of nitrogens with one attached hydrogen (secondary N) is 2.